The fourth-order valence-corrected chi connectivity index (χ4v) is 2.51. The molecule has 1 aliphatic heterocycles. The lowest BCUT2D eigenvalue weighted by atomic mass is 9.93. The standard InChI is InChI=1S/C12H20N2/c1-3-4-8-14-9-7-13-12(2,10-14)11-5-6-11/h1,11,13H,4-10H2,2H3. The molecule has 0 bridgehead atoms. The minimum absolute atomic E-state index is 0.368. The van der Waals surface area contributed by atoms with Gasteiger partial charge in [-0.05, 0) is 25.7 Å². The molecule has 0 aromatic heterocycles. The van der Waals surface area contributed by atoms with Crippen LogP contribution in [0.3, 0.4) is 0 Å². The zero-order valence-electron chi connectivity index (χ0n) is 9.05. The first-order chi connectivity index (χ1) is 6.74. The number of nitrogens with one attached hydrogen (secondary N) is 1. The van der Waals surface area contributed by atoms with Crippen LogP contribution in [0.25, 0.3) is 0 Å². The van der Waals surface area contributed by atoms with E-state index in [9.17, 15) is 0 Å². The molecule has 78 valence electrons. The van der Waals surface area contributed by atoms with E-state index in [1.54, 1.807) is 0 Å². The maximum absolute atomic E-state index is 5.29. The molecule has 1 saturated carbocycles. The highest BCUT2D eigenvalue weighted by molar-refractivity contribution is 5.02. The van der Waals surface area contributed by atoms with E-state index in [0.29, 0.717) is 5.54 Å². The van der Waals surface area contributed by atoms with Crippen molar-refractivity contribution in [2.75, 3.05) is 26.2 Å². The van der Waals surface area contributed by atoms with E-state index in [-0.39, 0.29) is 0 Å². The molecule has 1 heterocycles. The molecule has 2 heteroatoms. The van der Waals surface area contributed by atoms with Crippen LogP contribution >= 0.6 is 0 Å². The highest BCUT2D eigenvalue weighted by Crippen LogP contribution is 2.40. The first-order valence-electron chi connectivity index (χ1n) is 5.65. The summed E-state index contributed by atoms with van der Waals surface area (Å²) in [6.45, 7) is 6.90. The van der Waals surface area contributed by atoms with E-state index in [2.05, 4.69) is 23.1 Å². The second kappa shape index (κ2) is 3.92. The van der Waals surface area contributed by atoms with Gasteiger partial charge in [0.25, 0.3) is 0 Å². The first-order valence-corrected chi connectivity index (χ1v) is 5.65. The molecule has 14 heavy (non-hydrogen) atoms. The molecule has 0 radical (unpaired) electrons. The van der Waals surface area contributed by atoms with Crippen molar-refractivity contribution in [3.63, 3.8) is 0 Å². The van der Waals surface area contributed by atoms with Gasteiger partial charge in [0.05, 0.1) is 0 Å². The van der Waals surface area contributed by atoms with Crippen molar-refractivity contribution >= 4 is 0 Å². The Kier molecular flexibility index (Phi) is 2.80. The Hall–Kier alpha value is -0.520. The van der Waals surface area contributed by atoms with Gasteiger partial charge in [-0.3, -0.25) is 4.90 Å². The number of terminal acetylenes is 1. The van der Waals surface area contributed by atoms with E-state index >= 15 is 0 Å². The highest BCUT2D eigenvalue weighted by Gasteiger charge is 2.43. The zero-order valence-corrected chi connectivity index (χ0v) is 9.05. The third-order valence-electron chi connectivity index (χ3n) is 3.56. The summed E-state index contributed by atoms with van der Waals surface area (Å²) >= 11 is 0. The Morgan fingerprint density at radius 3 is 3.00 bits per heavy atom. The molecule has 1 N–H and O–H groups in total. The third kappa shape index (κ3) is 2.10. The second-order valence-corrected chi connectivity index (χ2v) is 4.85. The zero-order chi connectivity index (χ0) is 10.0. The molecule has 0 spiro atoms. The van der Waals surface area contributed by atoms with Crippen molar-refractivity contribution in [3.8, 4) is 12.3 Å². The maximum atomic E-state index is 5.29. The Labute approximate surface area is 87.1 Å². The van der Waals surface area contributed by atoms with Gasteiger partial charge in [0.15, 0.2) is 0 Å². The van der Waals surface area contributed by atoms with Crippen LogP contribution in [-0.2, 0) is 0 Å². The Balaban J connectivity index is 1.87. The molecule has 1 aliphatic carbocycles. The molecule has 2 rings (SSSR count). The second-order valence-electron chi connectivity index (χ2n) is 4.85. The number of nitrogens with zero attached hydrogens (tertiary/aromatic N) is 1. The van der Waals surface area contributed by atoms with Crippen molar-refractivity contribution in [2.45, 2.75) is 31.7 Å². The van der Waals surface area contributed by atoms with Crippen molar-refractivity contribution in [3.05, 3.63) is 0 Å². The van der Waals surface area contributed by atoms with Gasteiger partial charge in [-0.2, -0.15) is 0 Å². The quantitative estimate of drug-likeness (QED) is 0.673. The summed E-state index contributed by atoms with van der Waals surface area (Å²) in [5.41, 5.74) is 0.368. The van der Waals surface area contributed by atoms with Gasteiger partial charge in [0, 0.05) is 38.1 Å². The van der Waals surface area contributed by atoms with Gasteiger partial charge in [-0.15, -0.1) is 12.3 Å². The SMILES string of the molecule is C#CCCN1CCNC(C)(C2CC2)C1. The Bertz CT molecular complexity index is 239. The van der Waals surface area contributed by atoms with Crippen LogP contribution in [0.1, 0.15) is 26.2 Å². The average Bonchev–Trinajstić information content (AvgIpc) is 2.98. The summed E-state index contributed by atoms with van der Waals surface area (Å²) < 4.78 is 0. The maximum Gasteiger partial charge on any atom is 0.0309 e. The van der Waals surface area contributed by atoms with Crippen LogP contribution in [0.2, 0.25) is 0 Å². The molecule has 2 nitrogen and oxygen atoms in total. The molecule has 2 fully saturated rings. The normalized spacial score (nSPS) is 34.0. The van der Waals surface area contributed by atoms with Crippen molar-refractivity contribution in [2.24, 2.45) is 5.92 Å². The molecular weight excluding hydrogens is 172 g/mol. The number of hydrogen-bond donors (Lipinski definition) is 1. The van der Waals surface area contributed by atoms with Crippen molar-refractivity contribution < 1.29 is 0 Å². The lowest BCUT2D eigenvalue weighted by Gasteiger charge is -2.41. The fraction of sp³-hybridized carbons (Fsp3) is 0.833. The van der Waals surface area contributed by atoms with E-state index in [1.165, 1.54) is 19.4 Å². The molecule has 2 aliphatic rings. The largest absolute Gasteiger partial charge is 0.309 e. The molecule has 1 unspecified atom stereocenters. The summed E-state index contributed by atoms with van der Waals surface area (Å²) in [5.74, 6) is 3.64. The van der Waals surface area contributed by atoms with E-state index in [1.807, 2.05) is 0 Å². The molecule has 0 aromatic carbocycles. The van der Waals surface area contributed by atoms with Gasteiger partial charge in [-0.25, -0.2) is 0 Å². The van der Waals surface area contributed by atoms with Crippen LogP contribution in [0.5, 0.6) is 0 Å². The average molecular weight is 192 g/mol. The fourth-order valence-electron chi connectivity index (χ4n) is 2.51. The summed E-state index contributed by atoms with van der Waals surface area (Å²) in [6.07, 6.45) is 9.00. The smallest absolute Gasteiger partial charge is 0.0309 e. The summed E-state index contributed by atoms with van der Waals surface area (Å²) in [6, 6.07) is 0. The minimum atomic E-state index is 0.368. The van der Waals surface area contributed by atoms with Gasteiger partial charge < -0.3 is 5.32 Å². The van der Waals surface area contributed by atoms with Crippen LogP contribution in [-0.4, -0.2) is 36.6 Å². The Morgan fingerprint density at radius 1 is 1.57 bits per heavy atom. The van der Waals surface area contributed by atoms with Crippen molar-refractivity contribution in [1.82, 2.24) is 10.2 Å². The number of piperazine rings is 1. The van der Waals surface area contributed by atoms with Gasteiger partial charge in [0.2, 0.25) is 0 Å². The van der Waals surface area contributed by atoms with Crippen LogP contribution in [0, 0.1) is 18.3 Å². The van der Waals surface area contributed by atoms with Crippen LogP contribution in [0.15, 0.2) is 0 Å². The van der Waals surface area contributed by atoms with E-state index < -0.39 is 0 Å². The van der Waals surface area contributed by atoms with Crippen LogP contribution in [0.4, 0.5) is 0 Å². The lowest BCUT2D eigenvalue weighted by Crippen LogP contribution is -2.60. The monoisotopic (exact) mass is 192 g/mol. The molecular formula is C12H20N2. The summed E-state index contributed by atoms with van der Waals surface area (Å²) in [5, 5.41) is 3.67. The number of rotatable bonds is 3. The molecule has 0 aromatic rings. The van der Waals surface area contributed by atoms with Crippen molar-refractivity contribution in [1.29, 1.82) is 0 Å². The van der Waals surface area contributed by atoms with E-state index in [4.69, 9.17) is 6.42 Å². The van der Waals surface area contributed by atoms with Gasteiger partial charge in [-0.1, -0.05) is 0 Å². The molecule has 1 atom stereocenters. The van der Waals surface area contributed by atoms with Crippen LogP contribution < -0.4 is 5.32 Å². The summed E-state index contributed by atoms with van der Waals surface area (Å²) in [4.78, 5) is 2.51. The lowest BCUT2D eigenvalue weighted by molar-refractivity contribution is 0.129. The topological polar surface area (TPSA) is 15.3 Å². The third-order valence-corrected chi connectivity index (χ3v) is 3.56. The Morgan fingerprint density at radius 2 is 2.36 bits per heavy atom. The minimum Gasteiger partial charge on any atom is -0.309 e. The predicted octanol–water partition coefficient (Wildman–Crippen LogP) is 1.08. The predicted molar refractivity (Wildman–Crippen MR) is 59.0 cm³/mol. The van der Waals surface area contributed by atoms with Gasteiger partial charge >= 0.3 is 0 Å². The highest BCUT2D eigenvalue weighted by atomic mass is 15.2. The summed E-state index contributed by atoms with van der Waals surface area (Å²) in [7, 11) is 0. The number of hydrogen-bond acceptors (Lipinski definition) is 2. The van der Waals surface area contributed by atoms with E-state index in [0.717, 1.165) is 32.0 Å². The van der Waals surface area contributed by atoms with Gasteiger partial charge in [0.1, 0.15) is 0 Å². The molecule has 0 amide bonds. The molecule has 1 saturated heterocycles. The first kappa shape index (κ1) is 10.0.